The molecule has 0 saturated heterocycles. The number of ether oxygens (including phenoxy) is 2. The molecule has 1 aromatic heterocycles. The first-order chi connectivity index (χ1) is 13.5. The Kier molecular flexibility index (Phi) is 6.66. The van der Waals surface area contributed by atoms with Crippen molar-refractivity contribution in [3.8, 4) is 11.6 Å². The average Bonchev–Trinajstić information content (AvgIpc) is 2.69. The van der Waals surface area contributed by atoms with Crippen LogP contribution >= 0.6 is 11.6 Å². The largest absolute Gasteiger partial charge is 0.474 e. The first-order valence-electron chi connectivity index (χ1n) is 9.18. The van der Waals surface area contributed by atoms with E-state index in [0.29, 0.717) is 16.6 Å². The number of aromatic nitrogens is 1. The Labute approximate surface area is 170 Å². The van der Waals surface area contributed by atoms with Crippen molar-refractivity contribution in [3.63, 3.8) is 0 Å². The van der Waals surface area contributed by atoms with Crippen molar-refractivity contribution < 1.29 is 9.47 Å². The second-order valence-corrected chi connectivity index (χ2v) is 7.24. The van der Waals surface area contributed by atoms with E-state index in [1.165, 1.54) is 0 Å². The quantitative estimate of drug-likeness (QED) is 0.369. The predicted octanol–water partition coefficient (Wildman–Crippen LogP) is 6.46. The molecular formula is C23H23ClN2O2. The molecule has 0 saturated carbocycles. The smallest absolute Gasteiger partial charge is 0.219 e. The summed E-state index contributed by atoms with van der Waals surface area (Å²) in [6.45, 7) is 4.36. The van der Waals surface area contributed by atoms with Crippen molar-refractivity contribution in [1.29, 1.82) is 5.41 Å². The van der Waals surface area contributed by atoms with E-state index in [0.717, 1.165) is 11.3 Å². The van der Waals surface area contributed by atoms with Gasteiger partial charge in [0.15, 0.2) is 5.90 Å². The number of hydrogen-bond acceptors (Lipinski definition) is 4. The first-order valence-corrected chi connectivity index (χ1v) is 9.56. The van der Waals surface area contributed by atoms with Gasteiger partial charge in [-0.25, -0.2) is 4.98 Å². The van der Waals surface area contributed by atoms with Crippen LogP contribution < -0.4 is 4.74 Å². The van der Waals surface area contributed by atoms with Gasteiger partial charge in [0.25, 0.3) is 0 Å². The molecule has 1 N–H and O–H groups in total. The highest BCUT2D eigenvalue weighted by atomic mass is 35.5. The molecule has 2 aromatic carbocycles. The third-order valence-electron chi connectivity index (χ3n) is 4.30. The molecule has 1 unspecified atom stereocenters. The molecular weight excluding hydrogens is 372 g/mol. The predicted molar refractivity (Wildman–Crippen MR) is 112 cm³/mol. The summed E-state index contributed by atoms with van der Waals surface area (Å²) in [5.74, 6) is 1.52. The minimum absolute atomic E-state index is 0.138. The maximum absolute atomic E-state index is 8.44. The molecule has 3 aromatic rings. The number of pyridine rings is 1. The number of rotatable bonds is 7. The highest BCUT2D eigenvalue weighted by molar-refractivity contribution is 6.30. The molecule has 1 heterocycles. The van der Waals surface area contributed by atoms with Crippen LogP contribution in [0.4, 0.5) is 0 Å². The van der Waals surface area contributed by atoms with E-state index in [9.17, 15) is 0 Å². The third kappa shape index (κ3) is 5.33. The lowest BCUT2D eigenvalue weighted by atomic mass is 9.88. The molecule has 0 bridgehead atoms. The zero-order chi connectivity index (χ0) is 19.9. The van der Waals surface area contributed by atoms with Gasteiger partial charge in [0.05, 0.1) is 11.6 Å². The van der Waals surface area contributed by atoms with E-state index < -0.39 is 0 Å². The van der Waals surface area contributed by atoms with Crippen molar-refractivity contribution in [1.82, 2.24) is 4.98 Å². The summed E-state index contributed by atoms with van der Waals surface area (Å²) >= 11 is 5.98. The van der Waals surface area contributed by atoms with Gasteiger partial charge in [-0.05, 0) is 41.8 Å². The Morgan fingerprint density at radius 2 is 1.68 bits per heavy atom. The summed E-state index contributed by atoms with van der Waals surface area (Å²) in [7, 11) is 0. The topological polar surface area (TPSA) is 55.2 Å². The van der Waals surface area contributed by atoms with Gasteiger partial charge in [0, 0.05) is 11.1 Å². The fraction of sp³-hybridized carbons (Fsp3) is 0.217. The Hall–Kier alpha value is -2.85. The molecule has 28 heavy (non-hydrogen) atoms. The van der Waals surface area contributed by atoms with Crippen LogP contribution in [0.1, 0.15) is 31.0 Å². The minimum atomic E-state index is -0.138. The number of benzene rings is 2. The number of nitrogens with one attached hydrogen (secondary N) is 1. The van der Waals surface area contributed by atoms with Crippen molar-refractivity contribution in [3.05, 3.63) is 89.1 Å². The third-order valence-corrected chi connectivity index (χ3v) is 4.55. The molecule has 0 aliphatic heterocycles. The summed E-state index contributed by atoms with van der Waals surface area (Å²) < 4.78 is 11.5. The number of halogens is 1. The fourth-order valence-corrected chi connectivity index (χ4v) is 3.08. The number of hydrogen-bond donors (Lipinski definition) is 1. The SMILES string of the molecule is CC(C)C(C(=N)OCc1cccc(Oc2ccccc2)n1)c1ccc(Cl)cc1. The van der Waals surface area contributed by atoms with Crippen LogP contribution in [-0.4, -0.2) is 10.9 Å². The number of nitrogens with zero attached hydrogens (tertiary/aromatic N) is 1. The summed E-state index contributed by atoms with van der Waals surface area (Å²) in [6.07, 6.45) is 0. The van der Waals surface area contributed by atoms with Crippen LogP contribution in [0.2, 0.25) is 5.02 Å². The van der Waals surface area contributed by atoms with Crippen LogP contribution in [0, 0.1) is 11.3 Å². The second kappa shape index (κ2) is 9.38. The Balaban J connectivity index is 1.66. The Morgan fingerprint density at radius 3 is 2.36 bits per heavy atom. The Bertz CT molecular complexity index is 911. The normalized spacial score (nSPS) is 11.9. The van der Waals surface area contributed by atoms with Gasteiger partial charge in [-0.3, -0.25) is 5.41 Å². The lowest BCUT2D eigenvalue weighted by Gasteiger charge is -2.22. The summed E-state index contributed by atoms with van der Waals surface area (Å²) in [5.41, 5.74) is 1.72. The van der Waals surface area contributed by atoms with Gasteiger partial charge in [-0.1, -0.05) is 61.8 Å². The van der Waals surface area contributed by atoms with E-state index in [1.54, 1.807) is 6.07 Å². The standard InChI is InChI=1S/C23H23ClN2O2/c1-16(2)22(17-11-13-18(24)14-12-17)23(25)27-15-19-7-6-10-21(26-19)28-20-8-4-3-5-9-20/h3-14,16,22,25H,15H2,1-2H3. The molecule has 144 valence electrons. The molecule has 0 radical (unpaired) electrons. The van der Waals surface area contributed by atoms with Crippen LogP contribution in [0.3, 0.4) is 0 Å². The monoisotopic (exact) mass is 394 g/mol. The maximum Gasteiger partial charge on any atom is 0.219 e. The zero-order valence-electron chi connectivity index (χ0n) is 15.9. The van der Waals surface area contributed by atoms with Crippen molar-refractivity contribution >= 4 is 17.5 Å². The van der Waals surface area contributed by atoms with Gasteiger partial charge in [-0.15, -0.1) is 0 Å². The van der Waals surface area contributed by atoms with Crippen LogP contribution in [0.15, 0.2) is 72.8 Å². The molecule has 0 fully saturated rings. The van der Waals surface area contributed by atoms with E-state index in [1.807, 2.05) is 66.7 Å². The summed E-state index contributed by atoms with van der Waals surface area (Å²) in [4.78, 5) is 4.47. The van der Waals surface area contributed by atoms with E-state index >= 15 is 0 Å². The first kappa shape index (κ1) is 19.9. The van der Waals surface area contributed by atoms with E-state index in [2.05, 4.69) is 18.8 Å². The molecule has 1 atom stereocenters. The second-order valence-electron chi connectivity index (χ2n) is 6.81. The van der Waals surface area contributed by atoms with Gasteiger partial charge < -0.3 is 9.47 Å². The van der Waals surface area contributed by atoms with Gasteiger partial charge >= 0.3 is 0 Å². The molecule has 0 amide bonds. The van der Waals surface area contributed by atoms with Crippen molar-refractivity contribution in [2.45, 2.75) is 26.4 Å². The maximum atomic E-state index is 8.44. The Morgan fingerprint density at radius 1 is 0.964 bits per heavy atom. The van der Waals surface area contributed by atoms with Gasteiger partial charge in [-0.2, -0.15) is 0 Å². The molecule has 3 rings (SSSR count). The van der Waals surface area contributed by atoms with Crippen molar-refractivity contribution in [2.75, 3.05) is 0 Å². The molecule has 0 spiro atoms. The molecule has 0 aliphatic rings. The summed E-state index contributed by atoms with van der Waals surface area (Å²) in [5, 5.41) is 9.11. The number of para-hydroxylation sites is 1. The highest BCUT2D eigenvalue weighted by Crippen LogP contribution is 2.28. The fourth-order valence-electron chi connectivity index (χ4n) is 2.95. The van der Waals surface area contributed by atoms with Crippen LogP contribution in [0.25, 0.3) is 0 Å². The van der Waals surface area contributed by atoms with Crippen molar-refractivity contribution in [2.24, 2.45) is 5.92 Å². The van der Waals surface area contributed by atoms with Gasteiger partial charge in [0.1, 0.15) is 12.4 Å². The zero-order valence-corrected chi connectivity index (χ0v) is 16.7. The molecule has 4 nitrogen and oxygen atoms in total. The lowest BCUT2D eigenvalue weighted by molar-refractivity contribution is 0.261. The average molecular weight is 395 g/mol. The molecule has 0 aliphatic carbocycles. The van der Waals surface area contributed by atoms with Crippen LogP contribution in [0.5, 0.6) is 11.6 Å². The highest BCUT2D eigenvalue weighted by Gasteiger charge is 2.22. The van der Waals surface area contributed by atoms with E-state index in [4.69, 9.17) is 26.5 Å². The van der Waals surface area contributed by atoms with Gasteiger partial charge in [0.2, 0.25) is 5.88 Å². The minimum Gasteiger partial charge on any atom is -0.474 e. The van der Waals surface area contributed by atoms with Crippen LogP contribution in [-0.2, 0) is 11.3 Å². The lowest BCUT2D eigenvalue weighted by Crippen LogP contribution is -2.20. The molecule has 5 heteroatoms. The summed E-state index contributed by atoms with van der Waals surface area (Å²) in [6, 6.07) is 22.6. The van der Waals surface area contributed by atoms with E-state index in [-0.39, 0.29) is 24.3 Å².